The number of benzene rings is 1. The Balaban J connectivity index is 1.83. The lowest BCUT2D eigenvalue weighted by molar-refractivity contribution is 0.330. The maximum Gasteiger partial charge on any atom is 0.488 e. The molecule has 0 unspecified atom stereocenters. The highest BCUT2D eigenvalue weighted by Gasteiger charge is 2.10. The number of likely N-dealkylation sites (N-methyl/N-ethyl adjacent to an activating group) is 1. The van der Waals surface area contributed by atoms with E-state index in [2.05, 4.69) is 16.9 Å². The fraction of sp³-hybridized carbons (Fsp3) is 0.267. The minimum atomic E-state index is -1.40. The van der Waals surface area contributed by atoms with E-state index in [0.29, 0.717) is 5.46 Å². The van der Waals surface area contributed by atoms with Crippen LogP contribution in [0.15, 0.2) is 48.7 Å². The van der Waals surface area contributed by atoms with E-state index in [1.54, 1.807) is 12.1 Å². The average Bonchev–Trinajstić information content (AvgIpc) is 2.47. The Morgan fingerprint density at radius 2 is 1.85 bits per heavy atom. The van der Waals surface area contributed by atoms with Gasteiger partial charge in [0.25, 0.3) is 0 Å². The van der Waals surface area contributed by atoms with E-state index in [1.807, 2.05) is 36.5 Å². The van der Waals surface area contributed by atoms with E-state index in [9.17, 15) is 0 Å². The summed E-state index contributed by atoms with van der Waals surface area (Å²) in [5.41, 5.74) is 2.76. The topological polar surface area (TPSA) is 56.6 Å². The van der Waals surface area contributed by atoms with Crippen molar-refractivity contribution in [3.05, 3.63) is 59.9 Å². The van der Waals surface area contributed by atoms with Gasteiger partial charge in [0.2, 0.25) is 0 Å². The van der Waals surface area contributed by atoms with Crippen molar-refractivity contribution in [3.8, 4) is 0 Å². The normalized spacial score (nSPS) is 10.8. The summed E-state index contributed by atoms with van der Waals surface area (Å²) in [7, 11) is 0.670. The Morgan fingerprint density at radius 3 is 2.45 bits per heavy atom. The van der Waals surface area contributed by atoms with Crippen molar-refractivity contribution in [3.63, 3.8) is 0 Å². The van der Waals surface area contributed by atoms with Crippen LogP contribution in [-0.2, 0) is 13.0 Å². The van der Waals surface area contributed by atoms with Gasteiger partial charge >= 0.3 is 7.12 Å². The average molecular weight is 270 g/mol. The molecule has 0 spiro atoms. The fourth-order valence-electron chi connectivity index (χ4n) is 2.04. The molecule has 0 bridgehead atoms. The summed E-state index contributed by atoms with van der Waals surface area (Å²) in [4.78, 5) is 6.53. The van der Waals surface area contributed by atoms with Gasteiger partial charge in [0.05, 0.1) is 0 Å². The van der Waals surface area contributed by atoms with Crippen molar-refractivity contribution in [2.24, 2.45) is 0 Å². The third-order valence-electron chi connectivity index (χ3n) is 3.21. The van der Waals surface area contributed by atoms with Gasteiger partial charge in [-0.3, -0.25) is 4.98 Å². The van der Waals surface area contributed by atoms with E-state index in [1.165, 1.54) is 0 Å². The first-order chi connectivity index (χ1) is 9.65. The van der Waals surface area contributed by atoms with Crippen LogP contribution in [0.3, 0.4) is 0 Å². The second-order valence-corrected chi connectivity index (χ2v) is 4.92. The SMILES string of the molecule is CN(CCc1ccccn1)Cc1ccc(B(O)O)cc1. The summed E-state index contributed by atoms with van der Waals surface area (Å²) < 4.78 is 0. The first kappa shape index (κ1) is 14.7. The van der Waals surface area contributed by atoms with Gasteiger partial charge in [-0.2, -0.15) is 0 Å². The highest BCUT2D eigenvalue weighted by molar-refractivity contribution is 6.58. The molecule has 4 nitrogen and oxygen atoms in total. The van der Waals surface area contributed by atoms with Crippen LogP contribution in [-0.4, -0.2) is 40.6 Å². The van der Waals surface area contributed by atoms with Gasteiger partial charge in [0.1, 0.15) is 0 Å². The molecular weight excluding hydrogens is 251 g/mol. The lowest BCUT2D eigenvalue weighted by Gasteiger charge is -2.16. The third-order valence-corrected chi connectivity index (χ3v) is 3.21. The van der Waals surface area contributed by atoms with Gasteiger partial charge in [0.15, 0.2) is 0 Å². The second-order valence-electron chi connectivity index (χ2n) is 4.92. The molecule has 0 radical (unpaired) electrons. The van der Waals surface area contributed by atoms with Gasteiger partial charge in [-0.25, -0.2) is 0 Å². The summed E-state index contributed by atoms with van der Waals surface area (Å²) in [6.07, 6.45) is 2.74. The molecule has 0 aliphatic carbocycles. The van der Waals surface area contributed by atoms with Gasteiger partial charge in [-0.05, 0) is 30.2 Å². The third kappa shape index (κ3) is 4.45. The zero-order valence-corrected chi connectivity index (χ0v) is 11.6. The van der Waals surface area contributed by atoms with Crippen molar-refractivity contribution >= 4 is 12.6 Å². The van der Waals surface area contributed by atoms with Crippen LogP contribution in [0.25, 0.3) is 0 Å². The van der Waals surface area contributed by atoms with E-state index >= 15 is 0 Å². The Morgan fingerprint density at radius 1 is 1.10 bits per heavy atom. The Labute approximate surface area is 119 Å². The Hall–Kier alpha value is -1.69. The Bertz CT molecular complexity index is 517. The number of nitrogens with zero attached hydrogens (tertiary/aromatic N) is 2. The van der Waals surface area contributed by atoms with E-state index in [-0.39, 0.29) is 0 Å². The Kier molecular flexibility index (Phi) is 5.29. The highest BCUT2D eigenvalue weighted by atomic mass is 16.4. The molecule has 2 N–H and O–H groups in total. The van der Waals surface area contributed by atoms with Crippen molar-refractivity contribution in [1.82, 2.24) is 9.88 Å². The maximum absolute atomic E-state index is 9.04. The lowest BCUT2D eigenvalue weighted by atomic mass is 9.80. The molecule has 0 fully saturated rings. The minimum absolute atomic E-state index is 0.518. The van der Waals surface area contributed by atoms with Crippen LogP contribution in [0.4, 0.5) is 0 Å². The van der Waals surface area contributed by atoms with Crippen molar-refractivity contribution in [2.75, 3.05) is 13.6 Å². The molecule has 0 aliphatic heterocycles. The number of pyridine rings is 1. The summed E-state index contributed by atoms with van der Waals surface area (Å²) in [6.45, 7) is 1.76. The van der Waals surface area contributed by atoms with Crippen LogP contribution in [0.2, 0.25) is 0 Å². The standard InChI is InChI=1S/C15H19BN2O2/c1-18(11-9-15-4-2-3-10-17-15)12-13-5-7-14(8-6-13)16(19)20/h2-8,10,19-20H,9,11-12H2,1H3. The van der Waals surface area contributed by atoms with Gasteiger partial charge in [-0.15, -0.1) is 0 Å². The molecule has 0 saturated carbocycles. The largest absolute Gasteiger partial charge is 0.488 e. The molecule has 104 valence electrons. The predicted molar refractivity (Wildman–Crippen MR) is 80.5 cm³/mol. The lowest BCUT2D eigenvalue weighted by Crippen LogP contribution is -2.29. The van der Waals surface area contributed by atoms with E-state index in [0.717, 1.165) is 30.8 Å². The summed E-state index contributed by atoms with van der Waals surface area (Å²) in [5.74, 6) is 0. The molecule has 1 heterocycles. The summed E-state index contributed by atoms with van der Waals surface area (Å²) in [6, 6.07) is 13.3. The van der Waals surface area contributed by atoms with Gasteiger partial charge < -0.3 is 14.9 Å². The first-order valence-corrected chi connectivity index (χ1v) is 6.68. The van der Waals surface area contributed by atoms with Crippen molar-refractivity contribution in [1.29, 1.82) is 0 Å². The van der Waals surface area contributed by atoms with E-state index in [4.69, 9.17) is 10.0 Å². The zero-order chi connectivity index (χ0) is 14.4. The molecule has 0 aliphatic rings. The summed E-state index contributed by atoms with van der Waals surface area (Å²) in [5, 5.41) is 18.1. The van der Waals surface area contributed by atoms with Crippen LogP contribution in [0.5, 0.6) is 0 Å². The molecule has 0 atom stereocenters. The predicted octanol–water partition coefficient (Wildman–Crippen LogP) is 0.436. The number of rotatable bonds is 6. The quantitative estimate of drug-likeness (QED) is 0.748. The minimum Gasteiger partial charge on any atom is -0.423 e. The molecule has 2 aromatic rings. The van der Waals surface area contributed by atoms with Crippen LogP contribution in [0.1, 0.15) is 11.3 Å². The van der Waals surface area contributed by atoms with Crippen LogP contribution >= 0.6 is 0 Å². The van der Waals surface area contributed by atoms with Crippen LogP contribution in [0, 0.1) is 0 Å². The molecule has 1 aromatic carbocycles. The molecule has 20 heavy (non-hydrogen) atoms. The van der Waals surface area contributed by atoms with Gasteiger partial charge in [0, 0.05) is 31.4 Å². The molecule has 0 saturated heterocycles. The summed E-state index contributed by atoms with van der Waals surface area (Å²) >= 11 is 0. The highest BCUT2D eigenvalue weighted by Crippen LogP contribution is 2.03. The number of hydrogen-bond acceptors (Lipinski definition) is 4. The smallest absolute Gasteiger partial charge is 0.423 e. The number of hydrogen-bond donors (Lipinski definition) is 2. The second kappa shape index (κ2) is 7.19. The molecule has 0 amide bonds. The first-order valence-electron chi connectivity index (χ1n) is 6.68. The molecular formula is C15H19BN2O2. The maximum atomic E-state index is 9.04. The molecule has 2 rings (SSSR count). The van der Waals surface area contributed by atoms with E-state index < -0.39 is 7.12 Å². The zero-order valence-electron chi connectivity index (χ0n) is 11.6. The van der Waals surface area contributed by atoms with Crippen molar-refractivity contribution in [2.45, 2.75) is 13.0 Å². The number of aromatic nitrogens is 1. The van der Waals surface area contributed by atoms with Crippen molar-refractivity contribution < 1.29 is 10.0 Å². The monoisotopic (exact) mass is 270 g/mol. The van der Waals surface area contributed by atoms with Crippen LogP contribution < -0.4 is 5.46 Å². The van der Waals surface area contributed by atoms with Gasteiger partial charge in [-0.1, -0.05) is 30.3 Å². The molecule has 1 aromatic heterocycles. The fourth-order valence-corrected chi connectivity index (χ4v) is 2.04. The molecule has 5 heteroatoms.